The molecule has 1 aliphatic heterocycles. The predicted molar refractivity (Wildman–Crippen MR) is 103 cm³/mol. The number of hydrogen-bond acceptors (Lipinski definition) is 5. The van der Waals surface area contributed by atoms with Crippen molar-refractivity contribution in [3.05, 3.63) is 52.5 Å². The first-order valence-corrected chi connectivity index (χ1v) is 9.15. The third kappa shape index (κ3) is 4.03. The van der Waals surface area contributed by atoms with Gasteiger partial charge in [-0.2, -0.15) is 0 Å². The van der Waals surface area contributed by atoms with Gasteiger partial charge in [-0.15, -0.1) is 0 Å². The number of carbonyl (C=O) groups is 2. The SMILES string of the molecule is CCOc1ccc2c(c1)C=C(C(=O)N(CC)Cc1cc(C(=O)O)c(C)o1)CO2. The van der Waals surface area contributed by atoms with Crippen LogP contribution in [0.15, 0.2) is 34.3 Å². The number of aryl methyl sites for hydroxylation is 1. The molecule has 0 aliphatic carbocycles. The van der Waals surface area contributed by atoms with Crippen LogP contribution in [0.4, 0.5) is 0 Å². The average Bonchev–Trinajstić information content (AvgIpc) is 3.06. The van der Waals surface area contributed by atoms with Crippen molar-refractivity contribution in [1.29, 1.82) is 0 Å². The maximum absolute atomic E-state index is 13.0. The Morgan fingerprint density at radius 1 is 1.25 bits per heavy atom. The first-order chi connectivity index (χ1) is 13.4. The van der Waals surface area contributed by atoms with Crippen LogP contribution in [0.25, 0.3) is 6.08 Å². The highest BCUT2D eigenvalue weighted by molar-refractivity contribution is 5.99. The van der Waals surface area contributed by atoms with Gasteiger partial charge in [0.1, 0.15) is 35.2 Å². The molecule has 0 saturated heterocycles. The lowest BCUT2D eigenvalue weighted by Gasteiger charge is -2.24. The molecule has 1 amide bonds. The van der Waals surface area contributed by atoms with Gasteiger partial charge in [0.05, 0.1) is 18.7 Å². The Morgan fingerprint density at radius 3 is 2.68 bits per heavy atom. The number of aromatic carboxylic acids is 1. The first-order valence-electron chi connectivity index (χ1n) is 9.15. The monoisotopic (exact) mass is 385 g/mol. The maximum atomic E-state index is 13.0. The Balaban J connectivity index is 1.80. The molecule has 148 valence electrons. The summed E-state index contributed by atoms with van der Waals surface area (Å²) in [7, 11) is 0. The molecule has 2 heterocycles. The van der Waals surface area contributed by atoms with Crippen molar-refractivity contribution in [2.45, 2.75) is 27.3 Å². The van der Waals surface area contributed by atoms with Gasteiger partial charge in [0.15, 0.2) is 0 Å². The molecular formula is C21H23NO6. The number of rotatable bonds is 7. The molecule has 0 spiro atoms. The highest BCUT2D eigenvalue weighted by atomic mass is 16.5. The summed E-state index contributed by atoms with van der Waals surface area (Å²) in [6.07, 6.45) is 1.81. The van der Waals surface area contributed by atoms with Crippen LogP contribution in [0, 0.1) is 6.92 Å². The van der Waals surface area contributed by atoms with E-state index in [0.29, 0.717) is 36.0 Å². The number of ether oxygens (including phenoxy) is 2. The summed E-state index contributed by atoms with van der Waals surface area (Å²) in [6.45, 7) is 6.73. The third-order valence-electron chi connectivity index (χ3n) is 4.49. The smallest absolute Gasteiger partial charge is 0.339 e. The van der Waals surface area contributed by atoms with Crippen LogP contribution in [0.3, 0.4) is 0 Å². The highest BCUT2D eigenvalue weighted by Gasteiger charge is 2.24. The Morgan fingerprint density at radius 2 is 2.04 bits per heavy atom. The van der Waals surface area contributed by atoms with E-state index in [0.717, 1.165) is 11.3 Å². The molecule has 1 N–H and O–H groups in total. The molecule has 2 aromatic rings. The Kier molecular flexibility index (Phi) is 5.73. The van der Waals surface area contributed by atoms with Crippen molar-refractivity contribution in [3.8, 4) is 11.5 Å². The van der Waals surface area contributed by atoms with E-state index >= 15 is 0 Å². The summed E-state index contributed by atoms with van der Waals surface area (Å²) in [6, 6.07) is 6.97. The number of carboxylic acid groups (broad SMARTS) is 1. The fourth-order valence-electron chi connectivity index (χ4n) is 3.09. The molecule has 1 aliphatic rings. The number of hydrogen-bond donors (Lipinski definition) is 1. The van der Waals surface area contributed by atoms with Gasteiger partial charge >= 0.3 is 5.97 Å². The zero-order chi connectivity index (χ0) is 20.3. The van der Waals surface area contributed by atoms with Gasteiger partial charge < -0.3 is 23.9 Å². The van der Waals surface area contributed by atoms with Crippen molar-refractivity contribution >= 4 is 18.0 Å². The third-order valence-corrected chi connectivity index (χ3v) is 4.49. The Hall–Kier alpha value is -3.22. The van der Waals surface area contributed by atoms with Crippen LogP contribution in [0.1, 0.15) is 41.3 Å². The minimum absolute atomic E-state index is 0.107. The zero-order valence-electron chi connectivity index (χ0n) is 16.2. The molecule has 28 heavy (non-hydrogen) atoms. The van der Waals surface area contributed by atoms with Crippen LogP contribution in [-0.4, -0.2) is 41.6 Å². The number of carboxylic acids is 1. The lowest BCUT2D eigenvalue weighted by molar-refractivity contribution is -0.128. The van der Waals surface area contributed by atoms with Gasteiger partial charge in [-0.3, -0.25) is 4.79 Å². The van der Waals surface area contributed by atoms with Gasteiger partial charge in [-0.1, -0.05) is 0 Å². The van der Waals surface area contributed by atoms with Crippen LogP contribution in [0.5, 0.6) is 11.5 Å². The largest absolute Gasteiger partial charge is 0.494 e. The van der Waals surface area contributed by atoms with E-state index in [1.54, 1.807) is 11.8 Å². The predicted octanol–water partition coefficient (Wildman–Crippen LogP) is 3.51. The van der Waals surface area contributed by atoms with E-state index in [4.69, 9.17) is 19.0 Å². The Labute approximate surface area is 163 Å². The van der Waals surface area contributed by atoms with Crippen molar-refractivity contribution in [1.82, 2.24) is 4.90 Å². The van der Waals surface area contributed by atoms with E-state index < -0.39 is 5.97 Å². The molecule has 0 unspecified atom stereocenters. The fourth-order valence-corrected chi connectivity index (χ4v) is 3.09. The van der Waals surface area contributed by atoms with Gasteiger partial charge in [-0.25, -0.2) is 4.79 Å². The van der Waals surface area contributed by atoms with E-state index in [1.807, 2.05) is 38.1 Å². The van der Waals surface area contributed by atoms with Gasteiger partial charge in [0.2, 0.25) is 0 Å². The molecule has 0 saturated carbocycles. The number of benzene rings is 1. The Bertz CT molecular complexity index is 927. The molecule has 7 heteroatoms. The number of fused-ring (bicyclic) bond motifs is 1. The summed E-state index contributed by atoms with van der Waals surface area (Å²) in [5.41, 5.74) is 1.42. The zero-order valence-corrected chi connectivity index (χ0v) is 16.2. The maximum Gasteiger partial charge on any atom is 0.339 e. The normalized spacial score (nSPS) is 12.6. The van der Waals surface area contributed by atoms with E-state index in [2.05, 4.69) is 0 Å². The standard InChI is InChI=1S/C21H23NO6/c1-4-22(11-17-10-18(21(24)25)13(3)28-17)20(23)15-8-14-9-16(26-5-2)6-7-19(14)27-12-15/h6-10H,4-5,11-12H2,1-3H3,(H,24,25). The topological polar surface area (TPSA) is 89.2 Å². The molecule has 0 fully saturated rings. The lowest BCUT2D eigenvalue weighted by Crippen LogP contribution is -2.33. The lowest BCUT2D eigenvalue weighted by atomic mass is 10.1. The highest BCUT2D eigenvalue weighted by Crippen LogP contribution is 2.30. The van der Waals surface area contributed by atoms with Gasteiger partial charge in [0.25, 0.3) is 5.91 Å². The summed E-state index contributed by atoms with van der Waals surface area (Å²) in [5.74, 6) is 0.947. The summed E-state index contributed by atoms with van der Waals surface area (Å²) in [5, 5.41) is 9.16. The summed E-state index contributed by atoms with van der Waals surface area (Å²) in [4.78, 5) is 25.7. The van der Waals surface area contributed by atoms with E-state index in [9.17, 15) is 9.59 Å². The van der Waals surface area contributed by atoms with Crippen molar-refractivity contribution < 1.29 is 28.6 Å². The fraction of sp³-hybridized carbons (Fsp3) is 0.333. The summed E-state index contributed by atoms with van der Waals surface area (Å²) < 4.78 is 16.7. The quantitative estimate of drug-likeness (QED) is 0.785. The second kappa shape index (κ2) is 8.21. The number of likely N-dealkylation sites (N-methyl/N-ethyl adjacent to an activating group) is 1. The molecule has 0 atom stereocenters. The average molecular weight is 385 g/mol. The van der Waals surface area contributed by atoms with Crippen molar-refractivity contribution in [2.24, 2.45) is 0 Å². The second-order valence-electron chi connectivity index (χ2n) is 6.40. The van der Waals surface area contributed by atoms with E-state index in [-0.39, 0.29) is 24.6 Å². The number of furan rings is 1. The minimum atomic E-state index is -1.05. The molecule has 0 radical (unpaired) electrons. The molecule has 3 rings (SSSR count). The number of amides is 1. The second-order valence-corrected chi connectivity index (χ2v) is 6.40. The van der Waals surface area contributed by atoms with Crippen molar-refractivity contribution in [3.63, 3.8) is 0 Å². The van der Waals surface area contributed by atoms with E-state index in [1.165, 1.54) is 6.07 Å². The molecular weight excluding hydrogens is 362 g/mol. The van der Waals surface area contributed by atoms with Crippen molar-refractivity contribution in [2.75, 3.05) is 19.8 Å². The minimum Gasteiger partial charge on any atom is -0.494 e. The molecule has 7 nitrogen and oxygen atoms in total. The first kappa shape index (κ1) is 19.5. The number of carbonyl (C=O) groups excluding carboxylic acids is 1. The van der Waals surface area contributed by atoms with Gasteiger partial charge in [0, 0.05) is 12.1 Å². The van der Waals surface area contributed by atoms with Gasteiger partial charge in [-0.05, 0) is 51.1 Å². The number of nitrogens with zero attached hydrogens (tertiary/aromatic N) is 1. The van der Waals surface area contributed by atoms with Crippen LogP contribution in [0.2, 0.25) is 0 Å². The van der Waals surface area contributed by atoms with Crippen LogP contribution >= 0.6 is 0 Å². The molecule has 0 bridgehead atoms. The van der Waals surface area contributed by atoms with Crippen LogP contribution in [-0.2, 0) is 11.3 Å². The molecule has 1 aromatic carbocycles. The molecule has 1 aromatic heterocycles. The van der Waals surface area contributed by atoms with Crippen LogP contribution < -0.4 is 9.47 Å². The summed E-state index contributed by atoms with van der Waals surface area (Å²) >= 11 is 0.